The first-order valence-electron chi connectivity index (χ1n) is 6.29. The van der Waals surface area contributed by atoms with Gasteiger partial charge in [0, 0.05) is 7.05 Å². The van der Waals surface area contributed by atoms with E-state index in [-0.39, 0.29) is 4.90 Å². The molecule has 5 nitrogen and oxygen atoms in total. The molecule has 7 heteroatoms. The van der Waals surface area contributed by atoms with Gasteiger partial charge in [0.05, 0.1) is 23.3 Å². The van der Waals surface area contributed by atoms with Gasteiger partial charge in [-0.25, -0.2) is 17.6 Å². The van der Waals surface area contributed by atoms with E-state index in [1.54, 1.807) is 0 Å². The van der Waals surface area contributed by atoms with Crippen LogP contribution in [-0.4, -0.2) is 28.5 Å². The lowest BCUT2D eigenvalue weighted by molar-refractivity contribution is 0.0601. The van der Waals surface area contributed by atoms with Gasteiger partial charge < -0.3 is 4.74 Å². The second-order valence-corrected chi connectivity index (χ2v) is 6.44. The number of esters is 1. The van der Waals surface area contributed by atoms with Crippen LogP contribution in [0.2, 0.25) is 0 Å². The van der Waals surface area contributed by atoms with E-state index in [0.29, 0.717) is 11.3 Å². The van der Waals surface area contributed by atoms with Crippen LogP contribution in [0.15, 0.2) is 53.4 Å². The van der Waals surface area contributed by atoms with Gasteiger partial charge in [-0.05, 0) is 42.5 Å². The number of benzene rings is 2. The SMILES string of the molecule is COC(=O)c1ccc(N(C)S(=O)(=O)c2cccc(F)c2)cc1. The summed E-state index contributed by atoms with van der Waals surface area (Å²) >= 11 is 0. The predicted octanol–water partition coefficient (Wildman–Crippen LogP) is 2.44. The van der Waals surface area contributed by atoms with E-state index in [2.05, 4.69) is 4.74 Å². The third kappa shape index (κ3) is 3.09. The molecule has 2 rings (SSSR count). The van der Waals surface area contributed by atoms with E-state index in [1.165, 1.54) is 56.6 Å². The largest absolute Gasteiger partial charge is 0.465 e. The summed E-state index contributed by atoms with van der Waals surface area (Å²) in [6, 6.07) is 10.6. The second-order valence-electron chi connectivity index (χ2n) is 4.47. The lowest BCUT2D eigenvalue weighted by Crippen LogP contribution is -2.26. The first kappa shape index (κ1) is 16.0. The van der Waals surface area contributed by atoms with Gasteiger partial charge in [-0.3, -0.25) is 4.31 Å². The predicted molar refractivity (Wildman–Crippen MR) is 79.8 cm³/mol. The summed E-state index contributed by atoms with van der Waals surface area (Å²) in [5.41, 5.74) is 0.653. The number of sulfonamides is 1. The number of hydrogen-bond acceptors (Lipinski definition) is 4. The van der Waals surface area contributed by atoms with Crippen LogP contribution in [0.25, 0.3) is 0 Å². The van der Waals surface area contributed by atoms with Gasteiger partial charge >= 0.3 is 5.97 Å². The third-order valence-corrected chi connectivity index (χ3v) is 4.89. The second kappa shape index (κ2) is 6.15. The fourth-order valence-electron chi connectivity index (χ4n) is 1.85. The highest BCUT2D eigenvalue weighted by Gasteiger charge is 2.22. The molecule has 0 radical (unpaired) electrons. The number of nitrogens with zero attached hydrogens (tertiary/aromatic N) is 1. The number of hydrogen-bond donors (Lipinski definition) is 0. The Kier molecular flexibility index (Phi) is 4.46. The maximum Gasteiger partial charge on any atom is 0.337 e. The Labute approximate surface area is 128 Å². The Morgan fingerprint density at radius 3 is 2.32 bits per heavy atom. The highest BCUT2D eigenvalue weighted by Crippen LogP contribution is 2.23. The molecule has 22 heavy (non-hydrogen) atoms. The van der Waals surface area contributed by atoms with Crippen molar-refractivity contribution >= 4 is 21.7 Å². The molecule has 0 aliphatic rings. The van der Waals surface area contributed by atoms with Crippen LogP contribution in [0.3, 0.4) is 0 Å². The number of anilines is 1. The van der Waals surface area contributed by atoms with E-state index in [0.717, 1.165) is 10.4 Å². The Hall–Kier alpha value is -2.41. The van der Waals surface area contributed by atoms with Crippen molar-refractivity contribution in [1.82, 2.24) is 0 Å². The average Bonchev–Trinajstić information content (AvgIpc) is 2.53. The monoisotopic (exact) mass is 323 g/mol. The molecule has 0 unspecified atom stereocenters. The van der Waals surface area contributed by atoms with Crippen LogP contribution in [0.4, 0.5) is 10.1 Å². The molecule has 0 saturated carbocycles. The summed E-state index contributed by atoms with van der Waals surface area (Å²) in [6.45, 7) is 0. The van der Waals surface area contributed by atoms with Crippen LogP contribution >= 0.6 is 0 Å². The highest BCUT2D eigenvalue weighted by atomic mass is 32.2. The fourth-order valence-corrected chi connectivity index (χ4v) is 3.08. The number of methoxy groups -OCH3 is 1. The number of halogens is 1. The molecule has 0 fully saturated rings. The van der Waals surface area contributed by atoms with E-state index in [9.17, 15) is 17.6 Å². The molecule has 2 aromatic rings. The first-order chi connectivity index (χ1) is 10.4. The molecule has 0 atom stereocenters. The molecule has 0 saturated heterocycles. The summed E-state index contributed by atoms with van der Waals surface area (Å²) < 4.78 is 43.7. The van der Waals surface area contributed by atoms with Gasteiger partial charge in [0.25, 0.3) is 10.0 Å². The molecule has 0 amide bonds. The van der Waals surface area contributed by atoms with Gasteiger partial charge in [0.2, 0.25) is 0 Å². The van der Waals surface area contributed by atoms with Crippen LogP contribution in [0.1, 0.15) is 10.4 Å². The van der Waals surface area contributed by atoms with Crippen molar-refractivity contribution in [3.8, 4) is 0 Å². The maximum absolute atomic E-state index is 13.2. The van der Waals surface area contributed by atoms with Crippen LogP contribution in [-0.2, 0) is 14.8 Å². The van der Waals surface area contributed by atoms with Crippen molar-refractivity contribution < 1.29 is 22.3 Å². The quantitative estimate of drug-likeness (QED) is 0.811. The molecule has 0 N–H and O–H groups in total. The fraction of sp³-hybridized carbons (Fsp3) is 0.133. The number of carbonyl (C=O) groups is 1. The Balaban J connectivity index is 2.34. The minimum atomic E-state index is -3.88. The molecular formula is C15H14FNO4S. The third-order valence-electron chi connectivity index (χ3n) is 3.11. The molecule has 0 spiro atoms. The molecule has 116 valence electrons. The first-order valence-corrected chi connectivity index (χ1v) is 7.73. The molecule has 0 bridgehead atoms. The lowest BCUT2D eigenvalue weighted by atomic mass is 10.2. The smallest absolute Gasteiger partial charge is 0.337 e. The van der Waals surface area contributed by atoms with E-state index in [4.69, 9.17) is 0 Å². The number of carbonyl (C=O) groups excluding carboxylic acids is 1. The van der Waals surface area contributed by atoms with Crippen LogP contribution < -0.4 is 4.31 Å². The van der Waals surface area contributed by atoms with Crippen molar-refractivity contribution in [2.75, 3.05) is 18.5 Å². The zero-order chi connectivity index (χ0) is 16.3. The van der Waals surface area contributed by atoms with Gasteiger partial charge in [0.15, 0.2) is 0 Å². The standard InChI is InChI=1S/C15H14FNO4S/c1-17(13-8-6-11(7-9-13)15(18)21-2)22(19,20)14-5-3-4-12(16)10-14/h3-10H,1-2H3. The molecule has 0 aliphatic heterocycles. The van der Waals surface area contributed by atoms with Crippen molar-refractivity contribution in [1.29, 1.82) is 0 Å². The number of rotatable bonds is 4. The van der Waals surface area contributed by atoms with E-state index in [1.807, 2.05) is 0 Å². The van der Waals surface area contributed by atoms with Crippen molar-refractivity contribution in [2.24, 2.45) is 0 Å². The Bertz CT molecular complexity index is 787. The van der Waals surface area contributed by atoms with Crippen molar-refractivity contribution in [3.05, 3.63) is 59.9 Å². The molecular weight excluding hydrogens is 309 g/mol. The van der Waals surface area contributed by atoms with Crippen LogP contribution in [0.5, 0.6) is 0 Å². The lowest BCUT2D eigenvalue weighted by Gasteiger charge is -2.19. The van der Waals surface area contributed by atoms with Crippen molar-refractivity contribution in [2.45, 2.75) is 4.90 Å². The van der Waals surface area contributed by atoms with Crippen LogP contribution in [0, 0.1) is 5.82 Å². The van der Waals surface area contributed by atoms with Gasteiger partial charge in [-0.1, -0.05) is 6.07 Å². The minimum Gasteiger partial charge on any atom is -0.465 e. The zero-order valence-corrected chi connectivity index (χ0v) is 12.8. The number of ether oxygens (including phenoxy) is 1. The molecule has 2 aromatic carbocycles. The van der Waals surface area contributed by atoms with Gasteiger partial charge in [-0.15, -0.1) is 0 Å². The zero-order valence-electron chi connectivity index (χ0n) is 12.0. The summed E-state index contributed by atoms with van der Waals surface area (Å²) in [4.78, 5) is 11.2. The summed E-state index contributed by atoms with van der Waals surface area (Å²) in [5.74, 6) is -1.14. The topological polar surface area (TPSA) is 63.7 Å². The highest BCUT2D eigenvalue weighted by molar-refractivity contribution is 7.92. The molecule has 0 aliphatic carbocycles. The Morgan fingerprint density at radius 1 is 1.14 bits per heavy atom. The van der Waals surface area contributed by atoms with Crippen molar-refractivity contribution in [3.63, 3.8) is 0 Å². The van der Waals surface area contributed by atoms with E-state index >= 15 is 0 Å². The molecule has 0 heterocycles. The molecule has 0 aromatic heterocycles. The van der Waals surface area contributed by atoms with Gasteiger partial charge in [-0.2, -0.15) is 0 Å². The van der Waals surface area contributed by atoms with E-state index < -0.39 is 21.8 Å². The normalized spacial score (nSPS) is 11.0. The van der Waals surface area contributed by atoms with Gasteiger partial charge in [0.1, 0.15) is 5.82 Å². The summed E-state index contributed by atoms with van der Waals surface area (Å²) in [7, 11) is -1.26. The Morgan fingerprint density at radius 2 is 1.77 bits per heavy atom. The maximum atomic E-state index is 13.2. The average molecular weight is 323 g/mol. The summed E-state index contributed by atoms with van der Waals surface area (Å²) in [6.07, 6.45) is 0. The summed E-state index contributed by atoms with van der Waals surface area (Å²) in [5, 5.41) is 0. The minimum absolute atomic E-state index is 0.146.